The number of nitrogens with zero attached hydrogens (tertiary/aromatic N) is 1. The van der Waals surface area contributed by atoms with Gasteiger partial charge in [0.05, 0.1) is 37.1 Å². The molecule has 2 aromatic carbocycles. The molecule has 0 saturated carbocycles. The van der Waals surface area contributed by atoms with Crippen molar-refractivity contribution < 1.29 is 27.4 Å². The number of alkyl halides is 3. The molecule has 0 unspecified atom stereocenters. The van der Waals surface area contributed by atoms with E-state index in [9.17, 15) is 18.0 Å². The lowest BCUT2D eigenvalue weighted by Crippen LogP contribution is -2.11. The monoisotopic (exact) mass is 417 g/mol. The van der Waals surface area contributed by atoms with E-state index in [4.69, 9.17) is 9.47 Å². The molecule has 30 heavy (non-hydrogen) atoms. The number of hydrogen-bond donors (Lipinski definition) is 0. The van der Waals surface area contributed by atoms with E-state index in [0.717, 1.165) is 11.6 Å². The van der Waals surface area contributed by atoms with E-state index in [2.05, 4.69) is 0 Å². The zero-order valence-corrected chi connectivity index (χ0v) is 16.7. The molecule has 0 bridgehead atoms. The van der Waals surface area contributed by atoms with Gasteiger partial charge in [-0.3, -0.25) is 0 Å². The second kappa shape index (κ2) is 9.17. The molecule has 0 fully saturated rings. The predicted molar refractivity (Wildman–Crippen MR) is 107 cm³/mol. The fraction of sp³-hybridized carbons (Fsp3) is 0.261. The largest absolute Gasteiger partial charge is 0.465 e. The SMILES string of the molecule is COC(=O)c1cn(CCOCc2ccccc2)c(-c2ccccc2C(F)(F)F)c1C. The van der Waals surface area contributed by atoms with Gasteiger partial charge in [-0.2, -0.15) is 13.2 Å². The molecule has 0 aliphatic heterocycles. The molecule has 0 amide bonds. The van der Waals surface area contributed by atoms with Gasteiger partial charge in [-0.15, -0.1) is 0 Å². The molecule has 0 aliphatic rings. The molecule has 0 saturated heterocycles. The molecule has 3 aromatic rings. The molecule has 1 heterocycles. The molecule has 0 spiro atoms. The van der Waals surface area contributed by atoms with Crippen molar-refractivity contribution in [3.63, 3.8) is 0 Å². The summed E-state index contributed by atoms with van der Waals surface area (Å²) >= 11 is 0. The second-order valence-electron chi connectivity index (χ2n) is 6.78. The van der Waals surface area contributed by atoms with Gasteiger partial charge >= 0.3 is 12.1 Å². The van der Waals surface area contributed by atoms with Gasteiger partial charge in [0.15, 0.2) is 0 Å². The van der Waals surface area contributed by atoms with Gasteiger partial charge < -0.3 is 14.0 Å². The van der Waals surface area contributed by atoms with Crippen molar-refractivity contribution in [3.05, 3.63) is 83.0 Å². The number of halogens is 3. The van der Waals surface area contributed by atoms with Crippen LogP contribution < -0.4 is 0 Å². The third-order valence-corrected chi connectivity index (χ3v) is 4.81. The minimum atomic E-state index is -4.52. The van der Waals surface area contributed by atoms with E-state index in [1.165, 1.54) is 25.4 Å². The molecular weight excluding hydrogens is 395 g/mol. The van der Waals surface area contributed by atoms with Crippen LogP contribution in [0.25, 0.3) is 11.3 Å². The van der Waals surface area contributed by atoms with Crippen LogP contribution in [-0.2, 0) is 28.8 Å². The van der Waals surface area contributed by atoms with E-state index >= 15 is 0 Å². The number of benzene rings is 2. The van der Waals surface area contributed by atoms with Crippen LogP contribution in [0.4, 0.5) is 13.2 Å². The summed E-state index contributed by atoms with van der Waals surface area (Å²) in [6.45, 7) is 2.56. The highest BCUT2D eigenvalue weighted by Gasteiger charge is 2.35. The Morgan fingerprint density at radius 1 is 1.03 bits per heavy atom. The first-order chi connectivity index (χ1) is 14.3. The second-order valence-corrected chi connectivity index (χ2v) is 6.78. The maximum Gasteiger partial charge on any atom is 0.417 e. The first kappa shape index (κ1) is 21.6. The summed E-state index contributed by atoms with van der Waals surface area (Å²) in [6, 6.07) is 14.9. The molecule has 3 rings (SSSR count). The Morgan fingerprint density at radius 2 is 1.70 bits per heavy atom. The number of esters is 1. The van der Waals surface area contributed by atoms with E-state index in [1.54, 1.807) is 17.6 Å². The Morgan fingerprint density at radius 3 is 2.37 bits per heavy atom. The van der Waals surface area contributed by atoms with Crippen LogP contribution in [-0.4, -0.2) is 24.3 Å². The van der Waals surface area contributed by atoms with Crippen molar-refractivity contribution in [1.29, 1.82) is 0 Å². The molecule has 7 heteroatoms. The Bertz CT molecular complexity index is 1010. The number of ether oxygens (including phenoxy) is 2. The maximum absolute atomic E-state index is 13.6. The normalized spacial score (nSPS) is 11.5. The smallest absolute Gasteiger partial charge is 0.417 e. The first-order valence-electron chi connectivity index (χ1n) is 9.39. The summed E-state index contributed by atoms with van der Waals surface area (Å²) in [4.78, 5) is 12.1. The van der Waals surface area contributed by atoms with Crippen LogP contribution in [0.5, 0.6) is 0 Å². The van der Waals surface area contributed by atoms with E-state index in [0.29, 0.717) is 17.9 Å². The number of carbonyl (C=O) groups excluding carboxylic acids is 1. The third-order valence-electron chi connectivity index (χ3n) is 4.81. The van der Waals surface area contributed by atoms with E-state index in [1.807, 2.05) is 30.3 Å². The van der Waals surface area contributed by atoms with Crippen LogP contribution in [0, 0.1) is 6.92 Å². The summed E-state index contributed by atoms with van der Waals surface area (Å²) in [5.41, 5.74) is 1.25. The summed E-state index contributed by atoms with van der Waals surface area (Å²) in [7, 11) is 1.24. The molecular formula is C23H22F3NO3. The van der Waals surface area contributed by atoms with Crippen LogP contribution in [0.15, 0.2) is 60.8 Å². The summed E-state index contributed by atoms with van der Waals surface area (Å²) in [5.74, 6) is -0.595. The van der Waals surface area contributed by atoms with Crippen molar-refractivity contribution in [2.24, 2.45) is 0 Å². The molecule has 0 N–H and O–H groups in total. The molecule has 158 valence electrons. The zero-order valence-electron chi connectivity index (χ0n) is 16.7. The quantitative estimate of drug-likeness (QED) is 0.377. The highest BCUT2D eigenvalue weighted by molar-refractivity contribution is 5.93. The van der Waals surface area contributed by atoms with Gasteiger partial charge in [0.25, 0.3) is 0 Å². The Labute approximate surface area is 172 Å². The van der Waals surface area contributed by atoms with Gasteiger partial charge in [0.2, 0.25) is 0 Å². The average molecular weight is 417 g/mol. The third kappa shape index (κ3) is 4.74. The van der Waals surface area contributed by atoms with Gasteiger partial charge in [-0.05, 0) is 24.1 Å². The summed E-state index contributed by atoms with van der Waals surface area (Å²) < 4.78 is 52.9. The van der Waals surface area contributed by atoms with Crippen LogP contribution in [0.2, 0.25) is 0 Å². The van der Waals surface area contributed by atoms with Crippen molar-refractivity contribution in [2.45, 2.75) is 26.3 Å². The Hall–Kier alpha value is -3.06. The van der Waals surface area contributed by atoms with Gasteiger partial charge in [0.1, 0.15) is 0 Å². The molecule has 4 nitrogen and oxygen atoms in total. The topological polar surface area (TPSA) is 40.5 Å². The molecule has 1 aromatic heterocycles. The fourth-order valence-corrected chi connectivity index (χ4v) is 3.37. The zero-order chi connectivity index (χ0) is 21.7. The Balaban J connectivity index is 1.92. The van der Waals surface area contributed by atoms with Crippen molar-refractivity contribution in [3.8, 4) is 11.3 Å². The highest BCUT2D eigenvalue weighted by atomic mass is 19.4. The predicted octanol–water partition coefficient (Wildman–Crippen LogP) is 5.49. The highest BCUT2D eigenvalue weighted by Crippen LogP contribution is 2.39. The molecule has 0 radical (unpaired) electrons. The van der Waals surface area contributed by atoms with Crippen LogP contribution in [0.1, 0.15) is 27.0 Å². The van der Waals surface area contributed by atoms with E-state index < -0.39 is 17.7 Å². The standard InChI is InChI=1S/C23H22F3NO3/c1-16-19(22(28)29-2)14-27(12-13-30-15-17-8-4-3-5-9-17)21(16)18-10-6-7-11-20(18)23(24,25)26/h3-11,14H,12-13,15H2,1-2H3. The number of hydrogen-bond acceptors (Lipinski definition) is 3. The molecule has 0 aliphatic carbocycles. The lowest BCUT2D eigenvalue weighted by Gasteiger charge is -2.16. The fourth-order valence-electron chi connectivity index (χ4n) is 3.37. The first-order valence-corrected chi connectivity index (χ1v) is 9.39. The van der Waals surface area contributed by atoms with Crippen LogP contribution >= 0.6 is 0 Å². The minimum absolute atomic E-state index is 0.0145. The van der Waals surface area contributed by atoms with Gasteiger partial charge in [-0.1, -0.05) is 48.5 Å². The van der Waals surface area contributed by atoms with Crippen molar-refractivity contribution in [2.75, 3.05) is 13.7 Å². The maximum atomic E-state index is 13.6. The number of carbonyl (C=O) groups is 1. The van der Waals surface area contributed by atoms with Crippen molar-refractivity contribution >= 4 is 5.97 Å². The number of methoxy groups -OCH3 is 1. The minimum Gasteiger partial charge on any atom is -0.465 e. The lowest BCUT2D eigenvalue weighted by molar-refractivity contribution is -0.137. The lowest BCUT2D eigenvalue weighted by atomic mass is 10.00. The van der Waals surface area contributed by atoms with E-state index in [-0.39, 0.29) is 24.3 Å². The number of rotatable bonds is 7. The van der Waals surface area contributed by atoms with Crippen molar-refractivity contribution in [1.82, 2.24) is 4.57 Å². The van der Waals surface area contributed by atoms with Gasteiger partial charge in [-0.25, -0.2) is 4.79 Å². The number of aromatic nitrogens is 1. The molecule has 0 atom stereocenters. The summed E-state index contributed by atoms with van der Waals surface area (Å²) in [5, 5.41) is 0. The van der Waals surface area contributed by atoms with Crippen LogP contribution in [0.3, 0.4) is 0 Å². The average Bonchev–Trinajstić information content (AvgIpc) is 3.06. The Kier molecular flexibility index (Phi) is 6.62. The summed E-state index contributed by atoms with van der Waals surface area (Å²) in [6.07, 6.45) is -3.00. The van der Waals surface area contributed by atoms with Gasteiger partial charge in [0, 0.05) is 18.3 Å².